The topological polar surface area (TPSA) is 26.5 Å². The van der Waals surface area contributed by atoms with Gasteiger partial charge in [-0.2, -0.15) is 0 Å². The minimum absolute atomic E-state index is 0.462. The average Bonchev–Trinajstić information content (AvgIpc) is 3.76. The van der Waals surface area contributed by atoms with Gasteiger partial charge >= 0.3 is 0 Å². The number of fused-ring (bicyclic) bond motifs is 17. The molecule has 246 valence electrons. The molecule has 0 unspecified atom stereocenters. The van der Waals surface area contributed by atoms with E-state index in [1.807, 2.05) is 0 Å². The maximum absolute atomic E-state index is 6.81. The molecule has 10 aromatic rings. The van der Waals surface area contributed by atoms with Crippen molar-refractivity contribution in [1.29, 1.82) is 0 Å². The van der Waals surface area contributed by atoms with E-state index >= 15 is 0 Å². The van der Waals surface area contributed by atoms with Crippen molar-refractivity contribution in [2.75, 3.05) is 0 Å². The van der Waals surface area contributed by atoms with Crippen LogP contribution >= 0.6 is 0 Å². The van der Waals surface area contributed by atoms with Gasteiger partial charge in [0.1, 0.15) is 17.1 Å². The Morgan fingerprint density at radius 3 is 1.81 bits per heavy atom. The van der Waals surface area contributed by atoms with Crippen molar-refractivity contribution >= 4 is 38.4 Å². The molecule has 2 aromatic heterocycles. The molecule has 2 aliphatic rings. The second-order valence-electron chi connectivity index (χ2n) is 14.3. The zero-order chi connectivity index (χ0) is 34.7. The zero-order valence-corrected chi connectivity index (χ0v) is 28.6. The van der Waals surface area contributed by atoms with Crippen molar-refractivity contribution in [2.45, 2.75) is 5.41 Å². The molecule has 0 atom stereocenters. The number of hydrogen-bond acceptors (Lipinski definition) is 2. The Bertz CT molecular complexity index is 3120. The van der Waals surface area contributed by atoms with Gasteiger partial charge in [0.05, 0.1) is 22.0 Å². The van der Waals surface area contributed by atoms with Gasteiger partial charge in [-0.25, -0.2) is 4.98 Å². The highest BCUT2D eigenvalue weighted by Crippen LogP contribution is 2.62. The molecule has 0 saturated heterocycles. The van der Waals surface area contributed by atoms with Crippen molar-refractivity contribution < 1.29 is 4.74 Å². The lowest BCUT2D eigenvalue weighted by Crippen LogP contribution is -2.32. The average molecular weight is 675 g/mol. The van der Waals surface area contributed by atoms with Crippen LogP contribution in [-0.4, -0.2) is 9.38 Å². The summed E-state index contributed by atoms with van der Waals surface area (Å²) in [6, 6.07) is 65.9. The lowest BCUT2D eigenvalue weighted by atomic mass is 9.66. The smallest absolute Gasteiger partial charge is 0.146 e. The van der Waals surface area contributed by atoms with Crippen LogP contribution in [-0.2, 0) is 5.41 Å². The second kappa shape index (κ2) is 10.5. The number of imidazole rings is 1. The van der Waals surface area contributed by atoms with Crippen LogP contribution in [0.4, 0.5) is 0 Å². The van der Waals surface area contributed by atoms with Gasteiger partial charge in [-0.05, 0) is 92.4 Å². The van der Waals surface area contributed by atoms with Crippen molar-refractivity contribution in [1.82, 2.24) is 9.38 Å². The Labute approximate surface area is 306 Å². The molecule has 3 heterocycles. The summed E-state index contributed by atoms with van der Waals surface area (Å²) in [6.45, 7) is 0. The Balaban J connectivity index is 1.03. The van der Waals surface area contributed by atoms with Gasteiger partial charge in [0, 0.05) is 21.9 Å². The Morgan fingerprint density at radius 1 is 0.396 bits per heavy atom. The van der Waals surface area contributed by atoms with Gasteiger partial charge in [-0.3, -0.25) is 4.40 Å². The molecule has 0 bridgehead atoms. The quantitative estimate of drug-likeness (QED) is 0.171. The number of pyridine rings is 1. The van der Waals surface area contributed by atoms with Gasteiger partial charge in [0.15, 0.2) is 0 Å². The highest BCUT2D eigenvalue weighted by Gasteiger charge is 2.50. The number of para-hydroxylation sites is 4. The standard InChI is InChI=1S/C50H30N2O/c1-4-17-40-36(14-1)37-15-2-5-18-41(37)50(40)42-19-6-10-23-47(42)53-48-30-34(25-27-43(48)50)32-13-11-12-31(28-32)33-24-26-35-38-16-3-8-21-45(38)52-46-22-9-7-20-44(46)51-49(52)39(35)29-33/h1-30H. The highest BCUT2D eigenvalue weighted by molar-refractivity contribution is 6.14. The number of ether oxygens (including phenoxy) is 1. The van der Waals surface area contributed by atoms with Gasteiger partial charge in [0.25, 0.3) is 0 Å². The zero-order valence-electron chi connectivity index (χ0n) is 28.6. The number of nitrogens with zero attached hydrogens (tertiary/aromatic N) is 2. The van der Waals surface area contributed by atoms with E-state index < -0.39 is 5.41 Å². The number of benzene rings is 8. The SMILES string of the molecule is c1cc(-c2ccc3c(c2)Oc2ccccc2C32c3ccccc3-c3ccccc32)cc(-c2ccc3c4ccccc4n4c5ccccc5nc4c3c2)c1. The summed E-state index contributed by atoms with van der Waals surface area (Å²) in [7, 11) is 0. The maximum atomic E-state index is 6.81. The summed E-state index contributed by atoms with van der Waals surface area (Å²) in [6.07, 6.45) is 0. The lowest BCUT2D eigenvalue weighted by molar-refractivity contribution is 0.436. The fourth-order valence-corrected chi connectivity index (χ4v) is 9.41. The third kappa shape index (κ3) is 3.80. The van der Waals surface area contributed by atoms with Gasteiger partial charge in [-0.1, -0.05) is 140 Å². The van der Waals surface area contributed by atoms with Crippen molar-refractivity contribution in [3.63, 3.8) is 0 Å². The van der Waals surface area contributed by atoms with Gasteiger partial charge < -0.3 is 4.74 Å². The molecule has 3 nitrogen and oxygen atoms in total. The normalized spacial score (nSPS) is 13.6. The highest BCUT2D eigenvalue weighted by atomic mass is 16.5. The van der Waals surface area contributed by atoms with Crippen molar-refractivity contribution in [2.24, 2.45) is 0 Å². The van der Waals surface area contributed by atoms with Crippen LogP contribution in [0.2, 0.25) is 0 Å². The lowest BCUT2D eigenvalue weighted by Gasteiger charge is -2.39. The summed E-state index contributed by atoms with van der Waals surface area (Å²) in [5.74, 6) is 1.79. The minimum atomic E-state index is -0.462. The van der Waals surface area contributed by atoms with Crippen LogP contribution in [0.15, 0.2) is 182 Å². The molecule has 8 aromatic carbocycles. The fraction of sp³-hybridized carbons (Fsp3) is 0.0200. The van der Waals surface area contributed by atoms with E-state index in [1.54, 1.807) is 0 Å². The van der Waals surface area contributed by atoms with Crippen LogP contribution in [0.5, 0.6) is 11.5 Å². The van der Waals surface area contributed by atoms with Crippen LogP contribution in [0.3, 0.4) is 0 Å². The van der Waals surface area contributed by atoms with Crippen molar-refractivity contribution in [3.05, 3.63) is 204 Å². The molecule has 0 N–H and O–H groups in total. The maximum Gasteiger partial charge on any atom is 0.146 e. The molecule has 0 radical (unpaired) electrons. The molecular weight excluding hydrogens is 645 g/mol. The Hall–Kier alpha value is -6.97. The molecule has 0 fully saturated rings. The molecule has 12 rings (SSSR count). The van der Waals surface area contributed by atoms with E-state index in [-0.39, 0.29) is 0 Å². The van der Waals surface area contributed by atoms with Crippen LogP contribution in [0, 0.1) is 0 Å². The first-order chi connectivity index (χ1) is 26.3. The van der Waals surface area contributed by atoms with Gasteiger partial charge in [-0.15, -0.1) is 0 Å². The number of hydrogen-bond donors (Lipinski definition) is 0. The molecule has 0 saturated carbocycles. The molecule has 1 spiro atoms. The Kier molecular flexibility index (Phi) is 5.70. The monoisotopic (exact) mass is 674 g/mol. The summed E-state index contributed by atoms with van der Waals surface area (Å²) in [5.41, 5.74) is 15.9. The molecular formula is C50H30N2O. The van der Waals surface area contributed by atoms with Crippen LogP contribution in [0.1, 0.15) is 22.3 Å². The first-order valence-corrected chi connectivity index (χ1v) is 18.2. The first kappa shape index (κ1) is 28.7. The largest absolute Gasteiger partial charge is 0.457 e. The van der Waals surface area contributed by atoms with E-state index in [4.69, 9.17) is 9.72 Å². The van der Waals surface area contributed by atoms with E-state index in [2.05, 4.69) is 186 Å². The van der Waals surface area contributed by atoms with E-state index in [0.29, 0.717) is 0 Å². The predicted molar refractivity (Wildman–Crippen MR) is 216 cm³/mol. The molecule has 3 heteroatoms. The summed E-state index contributed by atoms with van der Waals surface area (Å²) < 4.78 is 9.12. The Morgan fingerprint density at radius 2 is 1.00 bits per heavy atom. The predicted octanol–water partition coefficient (Wildman–Crippen LogP) is 12.6. The first-order valence-electron chi connectivity index (χ1n) is 18.2. The molecule has 0 amide bonds. The van der Waals surface area contributed by atoms with Gasteiger partial charge in [0.2, 0.25) is 0 Å². The minimum Gasteiger partial charge on any atom is -0.457 e. The third-order valence-corrected chi connectivity index (χ3v) is 11.6. The van der Waals surface area contributed by atoms with Crippen molar-refractivity contribution in [3.8, 4) is 44.9 Å². The fourth-order valence-electron chi connectivity index (χ4n) is 9.41. The summed E-state index contributed by atoms with van der Waals surface area (Å²) >= 11 is 0. The van der Waals surface area contributed by atoms with E-state index in [9.17, 15) is 0 Å². The molecule has 1 aliphatic heterocycles. The van der Waals surface area contributed by atoms with E-state index in [0.717, 1.165) is 55.8 Å². The van der Waals surface area contributed by atoms with E-state index in [1.165, 1.54) is 49.7 Å². The number of rotatable bonds is 2. The second-order valence-corrected chi connectivity index (χ2v) is 14.3. The summed E-state index contributed by atoms with van der Waals surface area (Å²) in [4.78, 5) is 5.16. The molecule has 1 aliphatic carbocycles. The molecule has 53 heavy (non-hydrogen) atoms. The summed E-state index contributed by atoms with van der Waals surface area (Å²) in [5, 5.41) is 3.57. The van der Waals surface area contributed by atoms with Crippen LogP contribution < -0.4 is 4.74 Å². The number of aromatic nitrogens is 2. The third-order valence-electron chi connectivity index (χ3n) is 11.6. The van der Waals surface area contributed by atoms with Crippen LogP contribution in [0.25, 0.3) is 71.7 Å².